The fraction of sp³-hybridized carbons (Fsp3) is 1.00. The Kier molecular flexibility index (Phi) is 7.18. The Bertz CT molecular complexity index is 182. The predicted octanol–water partition coefficient (Wildman–Crippen LogP) is 4.62. The van der Waals surface area contributed by atoms with E-state index in [2.05, 4.69) is 33.0 Å². The summed E-state index contributed by atoms with van der Waals surface area (Å²) in [6.45, 7) is 10.5. The van der Waals surface area contributed by atoms with Crippen molar-refractivity contribution in [3.05, 3.63) is 0 Å². The van der Waals surface area contributed by atoms with E-state index in [0.717, 1.165) is 30.3 Å². The maximum absolute atomic E-state index is 3.77. The highest BCUT2D eigenvalue weighted by atomic mass is 14.9. The fourth-order valence-corrected chi connectivity index (χ4v) is 3.66. The van der Waals surface area contributed by atoms with Gasteiger partial charge in [-0.2, -0.15) is 0 Å². The second-order valence-corrected chi connectivity index (χ2v) is 6.04. The van der Waals surface area contributed by atoms with E-state index in [1.807, 2.05) is 0 Å². The maximum Gasteiger partial charge on any atom is 0.0121 e. The van der Waals surface area contributed by atoms with E-state index >= 15 is 0 Å². The average Bonchev–Trinajstić information content (AvgIpc) is 2.36. The van der Waals surface area contributed by atoms with Crippen LogP contribution in [0.4, 0.5) is 0 Å². The molecule has 0 radical (unpaired) electrons. The smallest absolute Gasteiger partial charge is 0.0121 e. The second kappa shape index (κ2) is 8.13. The van der Waals surface area contributed by atoms with Crippen molar-refractivity contribution >= 4 is 0 Å². The third-order valence-electron chi connectivity index (χ3n) is 4.77. The van der Waals surface area contributed by atoms with Gasteiger partial charge in [0.25, 0.3) is 0 Å². The van der Waals surface area contributed by atoms with Gasteiger partial charge in [-0.05, 0) is 43.6 Å². The molecule has 102 valence electrons. The minimum absolute atomic E-state index is 0.776. The molecule has 17 heavy (non-hydrogen) atoms. The van der Waals surface area contributed by atoms with Crippen molar-refractivity contribution in [3.63, 3.8) is 0 Å². The van der Waals surface area contributed by atoms with Gasteiger partial charge in [0, 0.05) is 6.04 Å². The Balaban J connectivity index is 2.47. The molecular weight excluding hydrogens is 206 g/mol. The molecule has 1 fully saturated rings. The van der Waals surface area contributed by atoms with Gasteiger partial charge >= 0.3 is 0 Å². The standard InChI is InChI=1S/C16H33N/c1-5-8-13(4)16(17-7-3)15-11-9-14(6-2)10-12-15/h13-17H,5-12H2,1-4H3. The van der Waals surface area contributed by atoms with Crippen molar-refractivity contribution in [1.29, 1.82) is 0 Å². The third kappa shape index (κ3) is 4.62. The average molecular weight is 239 g/mol. The number of rotatable bonds is 7. The molecule has 1 aliphatic carbocycles. The summed E-state index contributed by atoms with van der Waals surface area (Å²) < 4.78 is 0. The summed E-state index contributed by atoms with van der Waals surface area (Å²) in [6.07, 6.45) is 9.97. The fourth-order valence-electron chi connectivity index (χ4n) is 3.66. The van der Waals surface area contributed by atoms with Crippen molar-refractivity contribution in [2.45, 2.75) is 78.7 Å². The molecule has 0 bridgehead atoms. The largest absolute Gasteiger partial charge is 0.314 e. The van der Waals surface area contributed by atoms with Crippen molar-refractivity contribution in [1.82, 2.24) is 5.32 Å². The summed E-state index contributed by atoms with van der Waals surface area (Å²) in [4.78, 5) is 0. The van der Waals surface area contributed by atoms with E-state index in [0.29, 0.717) is 0 Å². The van der Waals surface area contributed by atoms with Crippen LogP contribution >= 0.6 is 0 Å². The van der Waals surface area contributed by atoms with Gasteiger partial charge in [-0.1, -0.05) is 53.4 Å². The van der Waals surface area contributed by atoms with Gasteiger partial charge in [0.05, 0.1) is 0 Å². The first-order valence-electron chi connectivity index (χ1n) is 7.96. The summed E-state index contributed by atoms with van der Waals surface area (Å²) >= 11 is 0. The third-order valence-corrected chi connectivity index (χ3v) is 4.77. The van der Waals surface area contributed by atoms with E-state index in [-0.39, 0.29) is 0 Å². The molecule has 1 N–H and O–H groups in total. The van der Waals surface area contributed by atoms with Gasteiger partial charge in [0.2, 0.25) is 0 Å². The zero-order valence-corrected chi connectivity index (χ0v) is 12.5. The van der Waals surface area contributed by atoms with Gasteiger partial charge in [0.15, 0.2) is 0 Å². The highest BCUT2D eigenvalue weighted by Gasteiger charge is 2.29. The van der Waals surface area contributed by atoms with Crippen LogP contribution in [0.15, 0.2) is 0 Å². The van der Waals surface area contributed by atoms with Gasteiger partial charge in [-0.3, -0.25) is 0 Å². The van der Waals surface area contributed by atoms with Gasteiger partial charge in [0.1, 0.15) is 0 Å². The molecule has 0 amide bonds. The van der Waals surface area contributed by atoms with E-state index < -0.39 is 0 Å². The highest BCUT2D eigenvalue weighted by molar-refractivity contribution is 4.84. The summed E-state index contributed by atoms with van der Waals surface area (Å²) in [7, 11) is 0. The Labute approximate surface area is 109 Å². The highest BCUT2D eigenvalue weighted by Crippen LogP contribution is 2.35. The minimum Gasteiger partial charge on any atom is -0.314 e. The number of hydrogen-bond acceptors (Lipinski definition) is 1. The molecule has 0 spiro atoms. The van der Waals surface area contributed by atoms with Crippen LogP contribution in [-0.2, 0) is 0 Å². The summed E-state index contributed by atoms with van der Waals surface area (Å²) in [6, 6.07) is 0.776. The lowest BCUT2D eigenvalue weighted by molar-refractivity contribution is 0.178. The molecule has 0 heterocycles. The summed E-state index contributed by atoms with van der Waals surface area (Å²) in [5.74, 6) is 2.82. The predicted molar refractivity (Wildman–Crippen MR) is 77.3 cm³/mol. The molecule has 2 unspecified atom stereocenters. The Morgan fingerprint density at radius 2 is 1.71 bits per heavy atom. The molecule has 1 heteroatoms. The van der Waals surface area contributed by atoms with E-state index in [9.17, 15) is 0 Å². The number of nitrogens with one attached hydrogen (secondary N) is 1. The van der Waals surface area contributed by atoms with Crippen molar-refractivity contribution in [2.75, 3.05) is 6.54 Å². The number of hydrogen-bond donors (Lipinski definition) is 1. The molecule has 0 aromatic rings. The molecule has 0 aromatic heterocycles. The van der Waals surface area contributed by atoms with Crippen LogP contribution in [0.5, 0.6) is 0 Å². The normalized spacial score (nSPS) is 28.9. The van der Waals surface area contributed by atoms with Crippen molar-refractivity contribution < 1.29 is 0 Å². The topological polar surface area (TPSA) is 12.0 Å². The SMILES string of the molecule is CCCC(C)C(NCC)C1CCC(CC)CC1. The lowest BCUT2D eigenvalue weighted by Crippen LogP contribution is -2.42. The first-order valence-corrected chi connectivity index (χ1v) is 7.96. The van der Waals surface area contributed by atoms with Crippen LogP contribution in [-0.4, -0.2) is 12.6 Å². The molecule has 1 nitrogen and oxygen atoms in total. The van der Waals surface area contributed by atoms with Crippen LogP contribution in [0, 0.1) is 17.8 Å². The molecular formula is C16H33N. The second-order valence-electron chi connectivity index (χ2n) is 6.04. The van der Waals surface area contributed by atoms with Crippen LogP contribution < -0.4 is 5.32 Å². The molecule has 2 atom stereocenters. The molecule has 1 aliphatic rings. The van der Waals surface area contributed by atoms with Crippen molar-refractivity contribution in [3.8, 4) is 0 Å². The molecule has 0 aliphatic heterocycles. The summed E-state index contributed by atoms with van der Waals surface area (Å²) in [5.41, 5.74) is 0. The van der Waals surface area contributed by atoms with Crippen LogP contribution in [0.2, 0.25) is 0 Å². The lowest BCUT2D eigenvalue weighted by Gasteiger charge is -2.37. The van der Waals surface area contributed by atoms with E-state index in [1.165, 1.54) is 44.9 Å². The maximum atomic E-state index is 3.77. The van der Waals surface area contributed by atoms with Gasteiger partial charge < -0.3 is 5.32 Å². The molecule has 1 rings (SSSR count). The zero-order valence-electron chi connectivity index (χ0n) is 12.5. The quantitative estimate of drug-likeness (QED) is 0.683. The van der Waals surface area contributed by atoms with Crippen LogP contribution in [0.25, 0.3) is 0 Å². The monoisotopic (exact) mass is 239 g/mol. The minimum atomic E-state index is 0.776. The molecule has 0 aromatic carbocycles. The first kappa shape index (κ1) is 15.0. The van der Waals surface area contributed by atoms with Gasteiger partial charge in [-0.15, -0.1) is 0 Å². The van der Waals surface area contributed by atoms with E-state index in [1.54, 1.807) is 0 Å². The van der Waals surface area contributed by atoms with Gasteiger partial charge in [-0.25, -0.2) is 0 Å². The van der Waals surface area contributed by atoms with Crippen molar-refractivity contribution in [2.24, 2.45) is 17.8 Å². The first-order chi connectivity index (χ1) is 8.22. The zero-order chi connectivity index (χ0) is 12.7. The molecule has 0 saturated heterocycles. The lowest BCUT2D eigenvalue weighted by atomic mass is 9.74. The Morgan fingerprint density at radius 3 is 2.18 bits per heavy atom. The Hall–Kier alpha value is -0.0400. The molecule has 1 saturated carbocycles. The van der Waals surface area contributed by atoms with Crippen LogP contribution in [0.3, 0.4) is 0 Å². The van der Waals surface area contributed by atoms with Crippen LogP contribution in [0.1, 0.15) is 72.6 Å². The Morgan fingerprint density at radius 1 is 1.06 bits per heavy atom. The summed E-state index contributed by atoms with van der Waals surface area (Å²) in [5, 5.41) is 3.77. The van der Waals surface area contributed by atoms with E-state index in [4.69, 9.17) is 0 Å².